The summed E-state index contributed by atoms with van der Waals surface area (Å²) in [5, 5.41) is 4.89. The lowest BCUT2D eigenvalue weighted by Crippen LogP contribution is -2.00. The number of hydrogen-bond donors (Lipinski definition) is 1. The van der Waals surface area contributed by atoms with Gasteiger partial charge in [-0.15, -0.1) is 0 Å². The minimum absolute atomic E-state index is 0.152. The number of aryl methyl sites for hydroxylation is 2. The third-order valence-electron chi connectivity index (χ3n) is 3.32. The molecule has 0 bridgehead atoms. The van der Waals surface area contributed by atoms with Gasteiger partial charge in [0.1, 0.15) is 12.0 Å². The van der Waals surface area contributed by atoms with Gasteiger partial charge in [0.2, 0.25) is 5.95 Å². The van der Waals surface area contributed by atoms with Gasteiger partial charge in [-0.2, -0.15) is 10.1 Å². The molecule has 3 aromatic rings. The van der Waals surface area contributed by atoms with Crippen LogP contribution < -0.4 is 5.73 Å². The van der Waals surface area contributed by atoms with Gasteiger partial charge in [0.05, 0.1) is 11.6 Å². The number of rotatable bonds is 1. The SMILES string of the molecule is Cc1ccc(C=O)cc1C#Cc1nc(N)nc2c1cnn2C. The predicted molar refractivity (Wildman–Crippen MR) is 83.3 cm³/mol. The Morgan fingerprint density at radius 3 is 2.86 bits per heavy atom. The van der Waals surface area contributed by atoms with Crippen LogP contribution in [0.15, 0.2) is 24.4 Å². The van der Waals surface area contributed by atoms with Crippen LogP contribution in [0.4, 0.5) is 5.95 Å². The molecule has 0 atom stereocenters. The molecule has 0 aliphatic heterocycles. The molecule has 2 N–H and O–H groups in total. The van der Waals surface area contributed by atoms with Crippen LogP contribution in [-0.4, -0.2) is 26.0 Å². The number of carbonyl (C=O) groups is 1. The molecule has 2 heterocycles. The van der Waals surface area contributed by atoms with E-state index in [0.717, 1.165) is 22.8 Å². The number of nitrogens with two attached hydrogens (primary N) is 1. The molecular formula is C16H13N5O. The molecule has 0 amide bonds. The Kier molecular flexibility index (Phi) is 3.31. The molecular weight excluding hydrogens is 278 g/mol. The van der Waals surface area contributed by atoms with Crippen LogP contribution in [0, 0.1) is 18.8 Å². The molecule has 6 heteroatoms. The Labute approximate surface area is 127 Å². The van der Waals surface area contributed by atoms with Crippen molar-refractivity contribution >= 4 is 23.3 Å². The fourth-order valence-electron chi connectivity index (χ4n) is 2.11. The molecule has 108 valence electrons. The summed E-state index contributed by atoms with van der Waals surface area (Å²) in [6.45, 7) is 1.94. The van der Waals surface area contributed by atoms with Crippen LogP contribution in [0.3, 0.4) is 0 Å². The van der Waals surface area contributed by atoms with E-state index in [0.29, 0.717) is 16.9 Å². The highest BCUT2D eigenvalue weighted by atomic mass is 16.1. The van der Waals surface area contributed by atoms with Gasteiger partial charge in [0.15, 0.2) is 5.65 Å². The highest BCUT2D eigenvalue weighted by Gasteiger charge is 2.08. The molecule has 0 unspecified atom stereocenters. The lowest BCUT2D eigenvalue weighted by molar-refractivity contribution is 0.112. The Morgan fingerprint density at radius 1 is 1.27 bits per heavy atom. The number of benzene rings is 1. The molecule has 3 rings (SSSR count). The van der Waals surface area contributed by atoms with Gasteiger partial charge in [-0.25, -0.2) is 4.98 Å². The second-order valence-corrected chi connectivity index (χ2v) is 4.88. The molecule has 0 aliphatic rings. The molecule has 0 saturated heterocycles. The predicted octanol–water partition coefficient (Wildman–Crippen LogP) is 1.47. The second-order valence-electron chi connectivity index (χ2n) is 4.88. The molecule has 0 fully saturated rings. The summed E-state index contributed by atoms with van der Waals surface area (Å²) in [4.78, 5) is 19.2. The molecule has 1 aromatic carbocycles. The van der Waals surface area contributed by atoms with Crippen molar-refractivity contribution in [1.82, 2.24) is 19.7 Å². The smallest absolute Gasteiger partial charge is 0.223 e. The van der Waals surface area contributed by atoms with Crippen molar-refractivity contribution in [3.63, 3.8) is 0 Å². The van der Waals surface area contributed by atoms with Crippen molar-refractivity contribution in [1.29, 1.82) is 0 Å². The lowest BCUT2D eigenvalue weighted by atomic mass is 10.1. The molecule has 6 nitrogen and oxygen atoms in total. The van der Waals surface area contributed by atoms with Crippen molar-refractivity contribution in [2.75, 3.05) is 5.73 Å². The van der Waals surface area contributed by atoms with Gasteiger partial charge in [-0.05, 0) is 24.5 Å². The maximum atomic E-state index is 10.9. The summed E-state index contributed by atoms with van der Waals surface area (Å²) >= 11 is 0. The second kappa shape index (κ2) is 5.30. The third-order valence-corrected chi connectivity index (χ3v) is 3.32. The lowest BCUT2D eigenvalue weighted by Gasteiger charge is -1.99. The Morgan fingerprint density at radius 2 is 2.09 bits per heavy atom. The standard InChI is InChI=1S/C16H13N5O/c1-10-3-4-11(9-22)7-12(10)5-6-14-13-8-18-21(2)15(13)20-16(17)19-14/h3-4,7-9H,1-2H3,(H2,17,19,20). The van der Waals surface area contributed by atoms with Gasteiger partial charge >= 0.3 is 0 Å². The normalized spacial score (nSPS) is 10.3. The van der Waals surface area contributed by atoms with Crippen molar-refractivity contribution in [3.8, 4) is 11.8 Å². The van der Waals surface area contributed by atoms with Crippen LogP contribution in [0.2, 0.25) is 0 Å². The van der Waals surface area contributed by atoms with E-state index in [9.17, 15) is 4.79 Å². The topological polar surface area (TPSA) is 86.7 Å². The number of aldehydes is 1. The summed E-state index contributed by atoms with van der Waals surface area (Å²) in [7, 11) is 1.78. The van der Waals surface area contributed by atoms with Gasteiger partial charge in [-0.3, -0.25) is 9.48 Å². The first kappa shape index (κ1) is 13.8. The molecule has 22 heavy (non-hydrogen) atoms. The fraction of sp³-hybridized carbons (Fsp3) is 0.125. The minimum Gasteiger partial charge on any atom is -0.368 e. The van der Waals surface area contributed by atoms with Crippen LogP contribution >= 0.6 is 0 Å². The first-order chi connectivity index (χ1) is 10.6. The van der Waals surface area contributed by atoms with Crippen LogP contribution in [0.5, 0.6) is 0 Å². The number of fused-ring (bicyclic) bond motifs is 1. The Bertz CT molecular complexity index is 946. The average molecular weight is 291 g/mol. The number of carbonyl (C=O) groups excluding carboxylic acids is 1. The number of anilines is 1. The van der Waals surface area contributed by atoms with E-state index in [-0.39, 0.29) is 5.95 Å². The van der Waals surface area contributed by atoms with E-state index in [2.05, 4.69) is 26.9 Å². The zero-order valence-electron chi connectivity index (χ0n) is 12.2. The van der Waals surface area contributed by atoms with Crippen LogP contribution in [-0.2, 0) is 7.05 Å². The summed E-state index contributed by atoms with van der Waals surface area (Å²) in [6, 6.07) is 5.37. The summed E-state index contributed by atoms with van der Waals surface area (Å²) in [5.41, 5.74) is 9.23. The van der Waals surface area contributed by atoms with Crippen molar-refractivity contribution in [2.24, 2.45) is 7.05 Å². The molecule has 0 radical (unpaired) electrons. The Balaban J connectivity index is 2.14. The number of hydrogen-bond acceptors (Lipinski definition) is 5. The van der Waals surface area contributed by atoms with E-state index in [4.69, 9.17) is 5.73 Å². The molecule has 0 aliphatic carbocycles. The van der Waals surface area contributed by atoms with Crippen molar-refractivity contribution < 1.29 is 4.79 Å². The van der Waals surface area contributed by atoms with Gasteiger partial charge in [-0.1, -0.05) is 18.1 Å². The van der Waals surface area contributed by atoms with E-state index >= 15 is 0 Å². The largest absolute Gasteiger partial charge is 0.368 e. The monoisotopic (exact) mass is 291 g/mol. The fourth-order valence-corrected chi connectivity index (χ4v) is 2.11. The number of nitrogen functional groups attached to an aromatic ring is 1. The molecule has 0 saturated carbocycles. The molecule has 2 aromatic heterocycles. The van der Waals surface area contributed by atoms with Crippen LogP contribution in [0.25, 0.3) is 11.0 Å². The van der Waals surface area contributed by atoms with Gasteiger partial charge < -0.3 is 5.73 Å². The van der Waals surface area contributed by atoms with Crippen molar-refractivity contribution in [2.45, 2.75) is 6.92 Å². The zero-order valence-corrected chi connectivity index (χ0v) is 12.2. The highest BCUT2D eigenvalue weighted by Crippen LogP contribution is 2.15. The highest BCUT2D eigenvalue weighted by molar-refractivity contribution is 5.81. The maximum Gasteiger partial charge on any atom is 0.223 e. The van der Waals surface area contributed by atoms with Crippen molar-refractivity contribution in [3.05, 3.63) is 46.8 Å². The number of aromatic nitrogens is 4. The quantitative estimate of drug-likeness (QED) is 0.542. The van der Waals surface area contributed by atoms with Gasteiger partial charge in [0.25, 0.3) is 0 Å². The summed E-state index contributed by atoms with van der Waals surface area (Å²) in [6.07, 6.45) is 2.46. The number of nitrogens with zero attached hydrogens (tertiary/aromatic N) is 4. The molecule has 0 spiro atoms. The third kappa shape index (κ3) is 2.40. The van der Waals surface area contributed by atoms with E-state index in [1.807, 2.05) is 13.0 Å². The van der Waals surface area contributed by atoms with E-state index < -0.39 is 0 Å². The summed E-state index contributed by atoms with van der Waals surface area (Å²) in [5.74, 6) is 6.19. The van der Waals surface area contributed by atoms with Gasteiger partial charge in [0, 0.05) is 18.2 Å². The summed E-state index contributed by atoms with van der Waals surface area (Å²) < 4.78 is 1.62. The first-order valence-corrected chi connectivity index (χ1v) is 6.61. The Hall–Kier alpha value is -3.20. The average Bonchev–Trinajstić information content (AvgIpc) is 2.87. The maximum absolute atomic E-state index is 10.9. The zero-order chi connectivity index (χ0) is 15.7. The minimum atomic E-state index is 0.152. The van der Waals surface area contributed by atoms with Crippen LogP contribution in [0.1, 0.15) is 27.2 Å². The van der Waals surface area contributed by atoms with E-state index in [1.165, 1.54) is 0 Å². The first-order valence-electron chi connectivity index (χ1n) is 6.61. The van der Waals surface area contributed by atoms with E-state index in [1.54, 1.807) is 30.1 Å².